The van der Waals surface area contributed by atoms with Gasteiger partial charge in [0.15, 0.2) is 0 Å². The summed E-state index contributed by atoms with van der Waals surface area (Å²) in [7, 11) is 0. The molecule has 12 rings (SSSR count). The molecule has 4 saturated heterocycles. The maximum absolute atomic E-state index is 12.9. The smallest absolute Gasteiger partial charge is 0.361 e. The molecule has 344 valence electrons. The Labute approximate surface area is 384 Å². The van der Waals surface area contributed by atoms with Gasteiger partial charge in [0.05, 0.1) is 23.6 Å². The Kier molecular flexibility index (Phi) is 11.0. The fraction of sp³-hybridized carbons (Fsp3) is 0.417. The Bertz CT molecular complexity index is 2830. The number of fused-ring (bicyclic) bond motifs is 4. The van der Waals surface area contributed by atoms with Gasteiger partial charge in [0.2, 0.25) is 0 Å². The van der Waals surface area contributed by atoms with E-state index in [1.54, 1.807) is 12.1 Å². The van der Waals surface area contributed by atoms with Crippen molar-refractivity contribution in [3.05, 3.63) is 107 Å². The molecule has 0 amide bonds. The molecule has 10 heterocycles. The normalized spacial score (nSPS) is 21.8. The maximum atomic E-state index is 12.9. The van der Waals surface area contributed by atoms with Gasteiger partial charge in [-0.25, -0.2) is 19.9 Å². The van der Waals surface area contributed by atoms with Gasteiger partial charge >= 0.3 is 12.4 Å². The second-order valence-electron chi connectivity index (χ2n) is 18.9. The van der Waals surface area contributed by atoms with E-state index >= 15 is 0 Å². The molecule has 66 heavy (non-hydrogen) atoms. The molecule has 2 N–H and O–H groups in total. The molecule has 2 spiro atoms. The number of likely N-dealkylation sites (tertiary alicyclic amines) is 2. The first-order valence-electron chi connectivity index (χ1n) is 22.4. The van der Waals surface area contributed by atoms with Crippen molar-refractivity contribution < 1.29 is 26.3 Å². The number of hydrogen-bond acceptors (Lipinski definition) is 10. The minimum atomic E-state index is -4.22. The summed E-state index contributed by atoms with van der Waals surface area (Å²) in [6, 6.07) is 20.6. The minimum Gasteiger partial charge on any atom is -0.361 e. The zero-order valence-electron chi connectivity index (χ0n) is 36.1. The number of aromatic nitrogens is 6. The highest BCUT2D eigenvalue weighted by Crippen LogP contribution is 2.45. The first kappa shape index (κ1) is 43.3. The molecule has 0 radical (unpaired) electrons. The minimum absolute atomic E-state index is 0.207. The van der Waals surface area contributed by atoms with Gasteiger partial charge in [-0.3, -0.25) is 9.80 Å². The summed E-state index contributed by atoms with van der Waals surface area (Å²) in [5.74, 6) is 1.55. The lowest BCUT2D eigenvalue weighted by atomic mass is 9.86. The molecule has 0 saturated carbocycles. The Hall–Kier alpha value is -5.30. The quantitative estimate of drug-likeness (QED) is 0.146. The van der Waals surface area contributed by atoms with Crippen LogP contribution in [0.5, 0.6) is 0 Å². The lowest BCUT2D eigenvalue weighted by Gasteiger charge is -2.25. The van der Waals surface area contributed by atoms with Crippen molar-refractivity contribution in [2.24, 2.45) is 10.8 Å². The molecule has 10 nitrogen and oxygen atoms in total. The van der Waals surface area contributed by atoms with Gasteiger partial charge in [-0.2, -0.15) is 26.3 Å². The molecule has 0 bridgehead atoms. The maximum Gasteiger partial charge on any atom is 0.393 e. The zero-order valence-corrected chi connectivity index (χ0v) is 37.7. The van der Waals surface area contributed by atoms with Crippen LogP contribution in [0.3, 0.4) is 0 Å². The topological polar surface area (TPSA) is 96.1 Å². The van der Waals surface area contributed by atoms with Gasteiger partial charge in [-0.15, -0.1) is 22.7 Å². The molecule has 4 fully saturated rings. The molecule has 4 aliphatic rings. The van der Waals surface area contributed by atoms with Crippen molar-refractivity contribution in [2.75, 3.05) is 62.2 Å². The standard InChI is InChI=1S/2C24H24F3N5S/c25-24(26,27)11-18-10-19-21(29-15-30-22(19)33-18)32-8-5-23(14-32)4-7-31(13-23)12-16-1-2-20-17(9-16)3-6-28-20;25-24(26,27)11-18-10-19-21(29-15-30-22(19)33-18)32-8-5-23(14-32)4-7-31(13-23)12-16-1-2-17-3-6-28-20(17)9-16/h2*1-3,6,9-10,15,28H,4-5,7-8,11-14H2. The average molecular weight is 943 g/mol. The summed E-state index contributed by atoms with van der Waals surface area (Å²) in [4.78, 5) is 35.4. The predicted molar refractivity (Wildman–Crippen MR) is 249 cm³/mol. The SMILES string of the molecule is FC(F)(F)Cc1cc2c(N3CCC4(CCN(Cc5ccc6[nH]ccc6c5)C4)C3)ncnc2s1.FC(F)(F)Cc1cc2c(N3CCC4(CCN(Cc5ccc6cc[nH]c6c5)C4)C3)ncnc2s1. The first-order valence-corrected chi connectivity index (χ1v) is 24.0. The number of hydrogen-bond donors (Lipinski definition) is 2. The number of anilines is 2. The van der Waals surface area contributed by atoms with Gasteiger partial charge in [0.1, 0.15) is 34.0 Å². The van der Waals surface area contributed by atoms with Crippen molar-refractivity contribution in [3.8, 4) is 0 Å². The van der Waals surface area contributed by atoms with Gasteiger partial charge in [-0.1, -0.05) is 18.2 Å². The lowest BCUT2D eigenvalue weighted by molar-refractivity contribution is -0.127. The first-order chi connectivity index (χ1) is 31.7. The Balaban J connectivity index is 0.000000146. The van der Waals surface area contributed by atoms with Crippen molar-refractivity contribution in [3.63, 3.8) is 0 Å². The van der Waals surface area contributed by atoms with E-state index in [4.69, 9.17) is 0 Å². The van der Waals surface area contributed by atoms with Gasteiger partial charge in [0, 0.05) is 96.4 Å². The predicted octanol–water partition coefficient (Wildman–Crippen LogP) is 10.8. The Morgan fingerprint density at radius 3 is 1.59 bits per heavy atom. The third-order valence-corrected chi connectivity index (χ3v) is 16.1. The number of benzene rings is 2. The van der Waals surface area contributed by atoms with Crippen LogP contribution >= 0.6 is 22.7 Å². The molecule has 4 aliphatic heterocycles. The van der Waals surface area contributed by atoms with Crippen LogP contribution in [0.15, 0.2) is 85.7 Å². The molecule has 2 aromatic carbocycles. The van der Waals surface area contributed by atoms with Crippen LogP contribution in [0.2, 0.25) is 0 Å². The summed E-state index contributed by atoms with van der Waals surface area (Å²) < 4.78 is 77.3. The van der Waals surface area contributed by atoms with Crippen LogP contribution in [0.25, 0.3) is 42.2 Å². The summed E-state index contributed by atoms with van der Waals surface area (Å²) in [6.07, 6.45) is 1.04. The van der Waals surface area contributed by atoms with E-state index in [1.807, 2.05) is 12.4 Å². The second-order valence-corrected chi connectivity index (χ2v) is 21.1. The molecule has 2 unspecified atom stereocenters. The third kappa shape index (κ3) is 9.08. The lowest BCUT2D eigenvalue weighted by Crippen LogP contribution is -2.31. The van der Waals surface area contributed by atoms with E-state index < -0.39 is 25.2 Å². The van der Waals surface area contributed by atoms with Crippen molar-refractivity contribution in [1.82, 2.24) is 39.7 Å². The number of aromatic amines is 2. The zero-order chi connectivity index (χ0) is 45.3. The molecular formula is C48H48F6N10S2. The fourth-order valence-electron chi connectivity index (χ4n) is 11.0. The Morgan fingerprint density at radius 1 is 0.530 bits per heavy atom. The molecule has 2 atom stereocenters. The van der Waals surface area contributed by atoms with Crippen molar-refractivity contribution in [2.45, 2.75) is 64.0 Å². The summed E-state index contributed by atoms with van der Waals surface area (Å²) >= 11 is 2.23. The van der Waals surface area contributed by atoms with Crippen LogP contribution in [-0.2, 0) is 25.9 Å². The van der Waals surface area contributed by atoms with Crippen molar-refractivity contribution in [1.29, 1.82) is 0 Å². The second kappa shape index (κ2) is 16.8. The highest BCUT2D eigenvalue weighted by molar-refractivity contribution is 7.19. The number of halogens is 6. The van der Waals surface area contributed by atoms with Gasteiger partial charge in [-0.05, 0) is 103 Å². The van der Waals surface area contributed by atoms with Crippen molar-refractivity contribution >= 4 is 76.5 Å². The van der Waals surface area contributed by atoms with Crippen LogP contribution in [-0.4, -0.2) is 104 Å². The monoisotopic (exact) mass is 942 g/mol. The summed E-state index contributed by atoms with van der Waals surface area (Å²) in [5, 5.41) is 3.95. The van der Waals surface area contributed by atoms with Crippen LogP contribution in [0.4, 0.5) is 38.0 Å². The van der Waals surface area contributed by atoms with E-state index in [0.717, 1.165) is 142 Å². The summed E-state index contributed by atoms with van der Waals surface area (Å²) in [6.45, 7) is 9.57. The molecular weight excluding hydrogens is 895 g/mol. The van der Waals surface area contributed by atoms with E-state index in [9.17, 15) is 26.3 Å². The fourth-order valence-corrected chi connectivity index (χ4v) is 13.0. The van der Waals surface area contributed by atoms with Gasteiger partial charge in [0.25, 0.3) is 0 Å². The highest BCUT2D eigenvalue weighted by Gasteiger charge is 2.45. The average Bonchev–Trinajstić information content (AvgIpc) is 4.13. The van der Waals surface area contributed by atoms with Gasteiger partial charge < -0.3 is 19.8 Å². The highest BCUT2D eigenvalue weighted by atomic mass is 32.1. The number of alkyl halides is 6. The van der Waals surface area contributed by atoms with E-state index in [-0.39, 0.29) is 10.8 Å². The van der Waals surface area contributed by atoms with E-state index in [2.05, 4.69) is 98.0 Å². The largest absolute Gasteiger partial charge is 0.393 e. The molecule has 0 aliphatic carbocycles. The molecule has 6 aromatic heterocycles. The van der Waals surface area contributed by atoms with E-state index in [0.29, 0.717) is 19.4 Å². The number of nitrogens with one attached hydrogen (secondary N) is 2. The molecule has 18 heteroatoms. The third-order valence-electron chi connectivity index (χ3n) is 14.0. The number of H-pyrrole nitrogens is 2. The number of thiophene rings is 2. The number of rotatable bonds is 8. The van der Waals surface area contributed by atoms with Crippen LogP contribution in [0.1, 0.15) is 46.6 Å². The summed E-state index contributed by atoms with van der Waals surface area (Å²) in [5.41, 5.74) is 5.37. The van der Waals surface area contributed by atoms with Crippen LogP contribution in [0, 0.1) is 10.8 Å². The Morgan fingerprint density at radius 2 is 1.03 bits per heavy atom. The van der Waals surface area contributed by atoms with Crippen LogP contribution < -0.4 is 9.80 Å². The van der Waals surface area contributed by atoms with E-state index in [1.165, 1.54) is 40.1 Å². The molecule has 8 aromatic rings. The number of nitrogens with zero attached hydrogens (tertiary/aromatic N) is 8.